The maximum absolute atomic E-state index is 12.4. The summed E-state index contributed by atoms with van der Waals surface area (Å²) in [5, 5.41) is 6.10. The van der Waals surface area contributed by atoms with E-state index in [4.69, 9.17) is 17.0 Å². The topological polar surface area (TPSA) is 50.4 Å². The number of nitrogens with one attached hydrogen (secondary N) is 2. The molecule has 2 aromatic carbocycles. The van der Waals surface area contributed by atoms with E-state index in [9.17, 15) is 4.79 Å². The van der Waals surface area contributed by atoms with Crippen molar-refractivity contribution < 1.29 is 9.53 Å². The van der Waals surface area contributed by atoms with Crippen LogP contribution >= 0.6 is 12.2 Å². The minimum Gasteiger partial charge on any atom is -0.494 e. The van der Waals surface area contributed by atoms with Crippen molar-refractivity contribution in [1.29, 1.82) is 0 Å². The van der Waals surface area contributed by atoms with Gasteiger partial charge in [0.15, 0.2) is 5.11 Å². The highest BCUT2D eigenvalue weighted by Gasteiger charge is 2.10. The minimum absolute atomic E-state index is 0.248. The molecule has 138 valence electrons. The second-order valence-corrected chi connectivity index (χ2v) is 7.14. The molecule has 0 aromatic heterocycles. The number of benzene rings is 2. The molecule has 1 amide bonds. The lowest BCUT2D eigenvalue weighted by Gasteiger charge is -2.14. The van der Waals surface area contributed by atoms with Gasteiger partial charge in [-0.3, -0.25) is 10.1 Å². The zero-order valence-electron chi connectivity index (χ0n) is 15.8. The molecular weight excluding hydrogens is 344 g/mol. The first-order valence-electron chi connectivity index (χ1n) is 8.78. The molecule has 0 aliphatic rings. The van der Waals surface area contributed by atoms with Crippen LogP contribution in [0.15, 0.2) is 42.5 Å². The third kappa shape index (κ3) is 5.85. The molecule has 0 aliphatic heterocycles. The molecule has 0 saturated carbocycles. The number of carbonyl (C=O) groups is 1. The highest BCUT2D eigenvalue weighted by molar-refractivity contribution is 7.80. The third-order valence-electron chi connectivity index (χ3n) is 4.03. The molecule has 0 spiro atoms. The Labute approximate surface area is 161 Å². The van der Waals surface area contributed by atoms with E-state index in [1.54, 1.807) is 24.3 Å². The van der Waals surface area contributed by atoms with Crippen molar-refractivity contribution in [3.8, 4) is 5.75 Å². The maximum Gasteiger partial charge on any atom is 0.257 e. The largest absolute Gasteiger partial charge is 0.494 e. The first-order chi connectivity index (χ1) is 12.4. The van der Waals surface area contributed by atoms with Gasteiger partial charge >= 0.3 is 0 Å². The van der Waals surface area contributed by atoms with E-state index in [1.165, 1.54) is 0 Å². The van der Waals surface area contributed by atoms with E-state index >= 15 is 0 Å². The molecular formula is C21H26N2O2S. The summed E-state index contributed by atoms with van der Waals surface area (Å²) in [7, 11) is 0. The van der Waals surface area contributed by atoms with Crippen LogP contribution in [0.5, 0.6) is 5.75 Å². The zero-order valence-corrected chi connectivity index (χ0v) is 16.6. The number of amides is 1. The highest BCUT2D eigenvalue weighted by atomic mass is 32.1. The molecule has 26 heavy (non-hydrogen) atoms. The molecule has 5 heteroatoms. The van der Waals surface area contributed by atoms with Crippen molar-refractivity contribution in [2.24, 2.45) is 5.92 Å². The van der Waals surface area contributed by atoms with Crippen LogP contribution in [0.4, 0.5) is 5.69 Å². The summed E-state index contributed by atoms with van der Waals surface area (Å²) < 4.78 is 5.67. The molecule has 0 heterocycles. The Hall–Kier alpha value is -2.40. The Morgan fingerprint density at radius 2 is 1.69 bits per heavy atom. The molecule has 2 rings (SSSR count). The molecule has 4 nitrogen and oxygen atoms in total. The predicted octanol–water partition coefficient (Wildman–Crippen LogP) is 4.86. The molecule has 0 atom stereocenters. The lowest BCUT2D eigenvalue weighted by atomic mass is 10.1. The van der Waals surface area contributed by atoms with Crippen LogP contribution in [-0.4, -0.2) is 17.6 Å². The zero-order chi connectivity index (χ0) is 19.1. The van der Waals surface area contributed by atoms with Crippen molar-refractivity contribution in [2.45, 2.75) is 34.1 Å². The molecule has 0 bridgehead atoms. The van der Waals surface area contributed by atoms with Crippen LogP contribution < -0.4 is 15.4 Å². The molecule has 2 aromatic rings. The summed E-state index contributed by atoms with van der Waals surface area (Å²) in [4.78, 5) is 12.4. The lowest BCUT2D eigenvalue weighted by molar-refractivity contribution is 0.0977. The fourth-order valence-corrected chi connectivity index (χ4v) is 2.64. The second-order valence-electron chi connectivity index (χ2n) is 6.73. The van der Waals surface area contributed by atoms with E-state index in [-0.39, 0.29) is 11.0 Å². The quantitative estimate of drug-likeness (QED) is 0.713. The summed E-state index contributed by atoms with van der Waals surface area (Å²) in [6, 6.07) is 13.1. The number of para-hydroxylation sites is 1. The Bertz CT molecular complexity index is 750. The first kappa shape index (κ1) is 19.9. The van der Waals surface area contributed by atoms with Gasteiger partial charge in [0.05, 0.1) is 6.61 Å². The summed E-state index contributed by atoms with van der Waals surface area (Å²) in [5.41, 5.74) is 3.60. The Morgan fingerprint density at radius 3 is 2.27 bits per heavy atom. The lowest BCUT2D eigenvalue weighted by Crippen LogP contribution is -2.34. The number of hydrogen-bond donors (Lipinski definition) is 2. The number of thiocarbonyl (C=S) groups is 1. The van der Waals surface area contributed by atoms with Crippen molar-refractivity contribution in [3.63, 3.8) is 0 Å². The van der Waals surface area contributed by atoms with Crippen molar-refractivity contribution in [3.05, 3.63) is 59.2 Å². The smallest absolute Gasteiger partial charge is 0.257 e. The fraction of sp³-hybridized carbons (Fsp3) is 0.333. The van der Waals surface area contributed by atoms with E-state index < -0.39 is 0 Å². The Kier molecular flexibility index (Phi) is 7.16. The third-order valence-corrected chi connectivity index (χ3v) is 4.23. The normalized spacial score (nSPS) is 10.5. The molecule has 0 aliphatic carbocycles. The monoisotopic (exact) mass is 370 g/mol. The summed E-state index contributed by atoms with van der Waals surface area (Å²) in [6.45, 7) is 8.99. The van der Waals surface area contributed by atoms with Gasteiger partial charge in [0.1, 0.15) is 5.75 Å². The number of aryl methyl sites for hydroxylation is 2. The van der Waals surface area contributed by atoms with Gasteiger partial charge in [-0.2, -0.15) is 0 Å². The van der Waals surface area contributed by atoms with Gasteiger partial charge in [-0.1, -0.05) is 32.0 Å². The number of anilines is 1. The Balaban J connectivity index is 1.91. The highest BCUT2D eigenvalue weighted by Crippen LogP contribution is 2.19. The van der Waals surface area contributed by atoms with E-state index in [1.807, 2.05) is 32.0 Å². The van der Waals surface area contributed by atoms with Gasteiger partial charge in [-0.05, 0) is 73.8 Å². The predicted molar refractivity (Wildman–Crippen MR) is 111 cm³/mol. The van der Waals surface area contributed by atoms with E-state index in [0.717, 1.165) is 29.0 Å². The van der Waals surface area contributed by atoms with E-state index in [2.05, 4.69) is 24.5 Å². The van der Waals surface area contributed by atoms with Crippen LogP contribution in [0.25, 0.3) is 0 Å². The summed E-state index contributed by atoms with van der Waals surface area (Å²) >= 11 is 5.27. The summed E-state index contributed by atoms with van der Waals surface area (Å²) in [5.74, 6) is 1.12. The van der Waals surface area contributed by atoms with Crippen LogP contribution in [-0.2, 0) is 0 Å². The van der Waals surface area contributed by atoms with Crippen LogP contribution in [0.2, 0.25) is 0 Å². The fourth-order valence-electron chi connectivity index (χ4n) is 2.45. The minimum atomic E-state index is -0.248. The van der Waals surface area contributed by atoms with Gasteiger partial charge in [0.2, 0.25) is 0 Å². The van der Waals surface area contributed by atoms with Crippen molar-refractivity contribution in [2.75, 3.05) is 11.9 Å². The first-order valence-corrected chi connectivity index (χ1v) is 9.19. The van der Waals surface area contributed by atoms with Gasteiger partial charge in [-0.15, -0.1) is 0 Å². The molecule has 2 N–H and O–H groups in total. The molecule has 0 fully saturated rings. The van der Waals surface area contributed by atoms with Crippen molar-refractivity contribution >= 4 is 28.9 Å². The van der Waals surface area contributed by atoms with Gasteiger partial charge < -0.3 is 10.1 Å². The maximum atomic E-state index is 12.4. The van der Waals surface area contributed by atoms with E-state index in [0.29, 0.717) is 18.1 Å². The van der Waals surface area contributed by atoms with Crippen molar-refractivity contribution in [1.82, 2.24) is 5.32 Å². The van der Waals surface area contributed by atoms with Crippen LogP contribution in [0, 0.1) is 19.8 Å². The SMILES string of the molecule is Cc1cccc(C)c1NC(=S)NC(=O)c1ccc(OCCC(C)C)cc1. The number of ether oxygens (including phenoxy) is 1. The summed E-state index contributed by atoms with van der Waals surface area (Å²) in [6.07, 6.45) is 1.00. The molecule has 0 saturated heterocycles. The second kappa shape index (κ2) is 9.34. The van der Waals surface area contributed by atoms with Crippen LogP contribution in [0.1, 0.15) is 41.8 Å². The van der Waals surface area contributed by atoms with Gasteiger partial charge in [0.25, 0.3) is 5.91 Å². The number of carbonyl (C=O) groups excluding carboxylic acids is 1. The standard InChI is InChI=1S/C21H26N2O2S/c1-14(2)12-13-25-18-10-8-17(9-11-18)20(24)23-21(26)22-19-15(3)6-5-7-16(19)4/h5-11,14H,12-13H2,1-4H3,(H2,22,23,24,26). The van der Waals surface area contributed by atoms with Crippen LogP contribution in [0.3, 0.4) is 0 Å². The number of hydrogen-bond acceptors (Lipinski definition) is 3. The number of rotatable bonds is 6. The molecule has 0 unspecified atom stereocenters. The average molecular weight is 371 g/mol. The Morgan fingerprint density at radius 1 is 1.08 bits per heavy atom. The van der Waals surface area contributed by atoms with Gasteiger partial charge in [-0.25, -0.2) is 0 Å². The average Bonchev–Trinajstić information content (AvgIpc) is 2.58. The molecule has 0 radical (unpaired) electrons. The van der Waals surface area contributed by atoms with Gasteiger partial charge in [0, 0.05) is 11.3 Å².